The third-order valence-electron chi connectivity index (χ3n) is 1.44. The van der Waals surface area contributed by atoms with Gasteiger partial charge in [-0.25, -0.2) is 13.6 Å². The molecule has 0 saturated carbocycles. The normalized spacial score (nSPS) is 11.5. The van der Waals surface area contributed by atoms with Gasteiger partial charge in [0, 0.05) is 0 Å². The van der Waals surface area contributed by atoms with Gasteiger partial charge >= 0.3 is 0 Å². The van der Waals surface area contributed by atoms with Crippen molar-refractivity contribution in [3.05, 3.63) is 17.2 Å². The third-order valence-corrected chi connectivity index (χ3v) is 2.82. The molecule has 0 aliphatic rings. The minimum absolute atomic E-state index is 0.0331. The van der Waals surface area contributed by atoms with Gasteiger partial charge in [0.2, 0.25) is 10.0 Å². The Hall–Kier alpha value is -0.980. The fourth-order valence-electron chi connectivity index (χ4n) is 0.803. The number of hydrogen-bond donors (Lipinski definition) is 3. The van der Waals surface area contributed by atoms with E-state index in [0.29, 0.717) is 0 Å². The van der Waals surface area contributed by atoms with Gasteiger partial charge in [0.05, 0.1) is 16.4 Å². The second-order valence-corrected chi connectivity index (χ2v) is 4.39. The Morgan fingerprint density at radius 1 is 1.15 bits per heavy atom. The van der Waals surface area contributed by atoms with E-state index in [9.17, 15) is 8.42 Å². The van der Waals surface area contributed by atoms with Crippen molar-refractivity contribution in [1.82, 2.24) is 0 Å². The second-order valence-electron chi connectivity index (χ2n) is 2.46. The first-order chi connectivity index (χ1) is 5.82. The van der Waals surface area contributed by atoms with E-state index in [1.807, 2.05) is 0 Å². The van der Waals surface area contributed by atoms with Gasteiger partial charge in [0.1, 0.15) is 4.90 Å². The van der Waals surface area contributed by atoms with Gasteiger partial charge in [-0.3, -0.25) is 0 Å². The maximum absolute atomic E-state index is 10.9. The molecule has 0 radical (unpaired) electrons. The Labute approximate surface area is 80.5 Å². The average Bonchev–Trinajstić information content (AvgIpc) is 1.94. The Morgan fingerprint density at radius 2 is 1.62 bits per heavy atom. The van der Waals surface area contributed by atoms with E-state index in [1.165, 1.54) is 6.07 Å². The van der Waals surface area contributed by atoms with Crippen molar-refractivity contribution >= 4 is 33.0 Å². The molecule has 0 bridgehead atoms. The van der Waals surface area contributed by atoms with Crippen molar-refractivity contribution in [1.29, 1.82) is 0 Å². The summed E-state index contributed by atoms with van der Waals surface area (Å²) in [5, 5.41) is 4.83. The number of nitrogen functional groups attached to an aromatic ring is 2. The van der Waals surface area contributed by atoms with E-state index in [1.54, 1.807) is 0 Å². The minimum atomic E-state index is -3.84. The van der Waals surface area contributed by atoms with E-state index >= 15 is 0 Å². The molecule has 0 unspecified atom stereocenters. The lowest BCUT2D eigenvalue weighted by Gasteiger charge is -2.05. The molecule has 72 valence electrons. The molecule has 0 aliphatic heterocycles. The Bertz CT molecular complexity index is 443. The number of rotatable bonds is 1. The van der Waals surface area contributed by atoms with Crippen LogP contribution in [0.5, 0.6) is 0 Å². The molecule has 0 atom stereocenters. The quantitative estimate of drug-likeness (QED) is 0.586. The highest BCUT2D eigenvalue weighted by Gasteiger charge is 2.14. The average molecular weight is 222 g/mol. The summed E-state index contributed by atoms with van der Waals surface area (Å²) in [5.41, 5.74) is 11.1. The predicted octanol–water partition coefficient (Wildman–Crippen LogP) is 0.152. The second kappa shape index (κ2) is 3.06. The van der Waals surface area contributed by atoms with Gasteiger partial charge in [0.25, 0.3) is 0 Å². The van der Waals surface area contributed by atoms with Crippen LogP contribution in [0.15, 0.2) is 17.0 Å². The first-order valence-corrected chi connectivity index (χ1v) is 5.12. The molecule has 0 aromatic heterocycles. The molecule has 7 heteroatoms. The van der Waals surface area contributed by atoms with E-state index < -0.39 is 10.0 Å². The highest BCUT2D eigenvalue weighted by atomic mass is 35.5. The maximum atomic E-state index is 10.9. The summed E-state index contributed by atoms with van der Waals surface area (Å²) in [7, 11) is -3.84. The number of hydrogen-bond acceptors (Lipinski definition) is 4. The van der Waals surface area contributed by atoms with E-state index in [4.69, 9.17) is 28.2 Å². The largest absolute Gasteiger partial charge is 0.397 e. The molecular formula is C6H8ClN3O2S. The summed E-state index contributed by atoms with van der Waals surface area (Å²) in [6, 6.07) is 2.38. The monoisotopic (exact) mass is 221 g/mol. The number of sulfonamides is 1. The molecule has 1 rings (SSSR count). The number of primary sulfonamides is 1. The number of nitrogens with two attached hydrogens (primary N) is 3. The molecule has 13 heavy (non-hydrogen) atoms. The minimum Gasteiger partial charge on any atom is -0.397 e. The van der Waals surface area contributed by atoms with Crippen LogP contribution < -0.4 is 16.6 Å². The molecule has 0 aliphatic carbocycles. The summed E-state index contributed by atoms with van der Waals surface area (Å²) in [6.45, 7) is 0. The number of anilines is 2. The van der Waals surface area contributed by atoms with Crippen molar-refractivity contribution < 1.29 is 8.42 Å². The van der Waals surface area contributed by atoms with Crippen LogP contribution >= 0.6 is 11.6 Å². The molecule has 1 aromatic rings. The van der Waals surface area contributed by atoms with Crippen molar-refractivity contribution in [2.24, 2.45) is 5.14 Å². The standard InChI is InChI=1S/C6H8ClN3O2S/c7-3-1-4(8)5(9)2-6(3)13(10,11)12/h1-2H,8-9H2,(H2,10,11,12). The summed E-state index contributed by atoms with van der Waals surface area (Å²) < 4.78 is 21.8. The zero-order chi connectivity index (χ0) is 10.2. The van der Waals surface area contributed by atoms with Gasteiger partial charge in [-0.15, -0.1) is 0 Å². The van der Waals surface area contributed by atoms with Crippen molar-refractivity contribution in [3.8, 4) is 0 Å². The van der Waals surface area contributed by atoms with Crippen LogP contribution in [0.1, 0.15) is 0 Å². The Balaban J connectivity index is 3.50. The van der Waals surface area contributed by atoms with Crippen LogP contribution in [0.4, 0.5) is 11.4 Å². The molecule has 0 spiro atoms. The molecule has 0 heterocycles. The van der Waals surface area contributed by atoms with Crippen LogP contribution in [-0.2, 0) is 10.0 Å². The lowest BCUT2D eigenvalue weighted by Crippen LogP contribution is -2.13. The van der Waals surface area contributed by atoms with Gasteiger partial charge < -0.3 is 11.5 Å². The van der Waals surface area contributed by atoms with E-state index in [0.717, 1.165) is 6.07 Å². The Kier molecular flexibility index (Phi) is 2.38. The first-order valence-electron chi connectivity index (χ1n) is 3.19. The topological polar surface area (TPSA) is 112 Å². The van der Waals surface area contributed by atoms with E-state index in [-0.39, 0.29) is 21.3 Å². The van der Waals surface area contributed by atoms with Crippen LogP contribution in [0.3, 0.4) is 0 Å². The van der Waals surface area contributed by atoms with Crippen molar-refractivity contribution in [2.75, 3.05) is 11.5 Å². The molecule has 0 saturated heterocycles. The van der Waals surface area contributed by atoms with Gasteiger partial charge in [-0.05, 0) is 12.1 Å². The predicted molar refractivity (Wildman–Crippen MR) is 51.6 cm³/mol. The molecule has 1 aromatic carbocycles. The summed E-state index contributed by atoms with van der Waals surface area (Å²) >= 11 is 5.59. The molecule has 0 fully saturated rings. The highest BCUT2D eigenvalue weighted by molar-refractivity contribution is 7.89. The van der Waals surface area contributed by atoms with Crippen LogP contribution in [0, 0.1) is 0 Å². The SMILES string of the molecule is Nc1cc(Cl)c(S(N)(=O)=O)cc1N. The van der Waals surface area contributed by atoms with Crippen LogP contribution in [0.2, 0.25) is 5.02 Å². The van der Waals surface area contributed by atoms with Crippen molar-refractivity contribution in [3.63, 3.8) is 0 Å². The molecule has 0 amide bonds. The van der Waals surface area contributed by atoms with Gasteiger partial charge in [-0.1, -0.05) is 11.6 Å². The zero-order valence-corrected chi connectivity index (χ0v) is 8.06. The van der Waals surface area contributed by atoms with Crippen LogP contribution in [0.25, 0.3) is 0 Å². The lowest BCUT2D eigenvalue weighted by atomic mass is 10.3. The maximum Gasteiger partial charge on any atom is 0.239 e. The van der Waals surface area contributed by atoms with Crippen molar-refractivity contribution in [2.45, 2.75) is 4.90 Å². The summed E-state index contributed by atoms with van der Waals surface area (Å²) in [6.07, 6.45) is 0. The van der Waals surface area contributed by atoms with E-state index in [2.05, 4.69) is 0 Å². The molecule has 6 N–H and O–H groups in total. The molecule has 5 nitrogen and oxygen atoms in total. The smallest absolute Gasteiger partial charge is 0.239 e. The summed E-state index contributed by atoms with van der Waals surface area (Å²) in [4.78, 5) is -0.221. The Morgan fingerprint density at radius 3 is 2.08 bits per heavy atom. The molecular weight excluding hydrogens is 214 g/mol. The van der Waals surface area contributed by atoms with Crippen LogP contribution in [-0.4, -0.2) is 8.42 Å². The third kappa shape index (κ3) is 2.03. The van der Waals surface area contributed by atoms with Gasteiger partial charge in [-0.2, -0.15) is 0 Å². The highest BCUT2D eigenvalue weighted by Crippen LogP contribution is 2.27. The van der Waals surface area contributed by atoms with Gasteiger partial charge in [0.15, 0.2) is 0 Å². The number of halogens is 1. The summed E-state index contributed by atoms with van der Waals surface area (Å²) in [5.74, 6) is 0. The fourth-order valence-corrected chi connectivity index (χ4v) is 1.92. The fraction of sp³-hybridized carbons (Fsp3) is 0. The zero-order valence-electron chi connectivity index (χ0n) is 6.49. The number of benzene rings is 1. The lowest BCUT2D eigenvalue weighted by molar-refractivity contribution is 0.598. The first kappa shape index (κ1) is 10.1.